The van der Waals surface area contributed by atoms with E-state index in [0.29, 0.717) is 13.0 Å². The van der Waals surface area contributed by atoms with Crippen molar-refractivity contribution in [2.24, 2.45) is 5.73 Å². The van der Waals surface area contributed by atoms with Gasteiger partial charge in [0.25, 0.3) is 0 Å². The lowest BCUT2D eigenvalue weighted by molar-refractivity contribution is 0.450. The smallest absolute Gasteiger partial charge is 0.152 e. The van der Waals surface area contributed by atoms with Crippen molar-refractivity contribution in [2.45, 2.75) is 25.3 Å². The zero-order valence-electron chi connectivity index (χ0n) is 10.6. The first-order chi connectivity index (χ1) is 8.45. The number of nitrogens with two attached hydrogens (primary N) is 1. The van der Waals surface area contributed by atoms with Crippen molar-refractivity contribution >= 4 is 15.5 Å². The molecule has 1 heterocycles. The number of sulfone groups is 1. The maximum Gasteiger partial charge on any atom is 0.152 e. The van der Waals surface area contributed by atoms with Gasteiger partial charge in [-0.2, -0.15) is 0 Å². The van der Waals surface area contributed by atoms with Gasteiger partial charge in [0.2, 0.25) is 0 Å². The Morgan fingerprint density at radius 1 is 1.44 bits per heavy atom. The van der Waals surface area contributed by atoms with E-state index in [1.165, 1.54) is 0 Å². The lowest BCUT2D eigenvalue weighted by Crippen LogP contribution is -2.53. The highest BCUT2D eigenvalue weighted by atomic mass is 32.2. The molecule has 0 radical (unpaired) electrons. The summed E-state index contributed by atoms with van der Waals surface area (Å²) in [5.74, 6) is 0.411. The van der Waals surface area contributed by atoms with Crippen molar-refractivity contribution in [3.63, 3.8) is 0 Å². The molecule has 3 N–H and O–H groups in total. The average Bonchev–Trinajstić information content (AvgIpc) is 2.27. The summed E-state index contributed by atoms with van der Waals surface area (Å²) in [6.45, 7) is 2.35. The first-order valence-corrected chi connectivity index (χ1v) is 8.02. The fourth-order valence-corrected chi connectivity index (χ4v) is 4.44. The highest BCUT2D eigenvalue weighted by Gasteiger charge is 2.37. The Hall–Kier alpha value is -1.07. The summed E-state index contributed by atoms with van der Waals surface area (Å²) >= 11 is 0. The van der Waals surface area contributed by atoms with Crippen molar-refractivity contribution in [1.82, 2.24) is 0 Å². The van der Waals surface area contributed by atoms with Crippen LogP contribution in [0.2, 0.25) is 0 Å². The minimum atomic E-state index is -2.98. The van der Waals surface area contributed by atoms with Crippen LogP contribution in [-0.2, 0) is 9.84 Å². The van der Waals surface area contributed by atoms with E-state index in [2.05, 4.69) is 5.32 Å². The second-order valence-corrected chi connectivity index (χ2v) is 7.36. The van der Waals surface area contributed by atoms with Crippen molar-refractivity contribution in [3.8, 4) is 0 Å². The summed E-state index contributed by atoms with van der Waals surface area (Å²) in [7, 11) is -2.98. The lowest BCUT2D eigenvalue weighted by atomic mass is 9.95. The molecule has 100 valence electrons. The van der Waals surface area contributed by atoms with Crippen LogP contribution in [0.5, 0.6) is 0 Å². The molecular weight excluding hydrogens is 248 g/mol. The Balaban J connectivity index is 2.23. The van der Waals surface area contributed by atoms with Crippen LogP contribution in [0.15, 0.2) is 24.3 Å². The second-order valence-electron chi connectivity index (χ2n) is 5.17. The Morgan fingerprint density at radius 2 is 2.22 bits per heavy atom. The fourth-order valence-electron chi connectivity index (χ4n) is 2.54. The minimum absolute atomic E-state index is 0.129. The monoisotopic (exact) mass is 268 g/mol. The third-order valence-electron chi connectivity index (χ3n) is 3.43. The molecule has 4 nitrogen and oxygen atoms in total. The van der Waals surface area contributed by atoms with Gasteiger partial charge in [-0.1, -0.05) is 12.1 Å². The molecule has 1 aliphatic rings. The number of benzene rings is 1. The van der Waals surface area contributed by atoms with E-state index in [0.717, 1.165) is 17.7 Å². The summed E-state index contributed by atoms with van der Waals surface area (Å²) in [5, 5.41) is 3.34. The van der Waals surface area contributed by atoms with Gasteiger partial charge in [0.15, 0.2) is 9.84 Å². The van der Waals surface area contributed by atoms with Crippen LogP contribution in [0.1, 0.15) is 18.4 Å². The van der Waals surface area contributed by atoms with Gasteiger partial charge in [-0.05, 0) is 37.5 Å². The van der Waals surface area contributed by atoms with Gasteiger partial charge in [0, 0.05) is 12.2 Å². The molecule has 2 rings (SSSR count). The number of hydrogen-bond acceptors (Lipinski definition) is 4. The molecular formula is C13H20N2O2S. The van der Waals surface area contributed by atoms with Crippen molar-refractivity contribution in [2.75, 3.05) is 23.4 Å². The van der Waals surface area contributed by atoms with Gasteiger partial charge in [-0.3, -0.25) is 0 Å². The topological polar surface area (TPSA) is 72.2 Å². The van der Waals surface area contributed by atoms with Crippen LogP contribution in [-0.4, -0.2) is 32.0 Å². The van der Waals surface area contributed by atoms with Gasteiger partial charge in [-0.15, -0.1) is 0 Å². The maximum atomic E-state index is 11.8. The Bertz CT molecular complexity index is 528. The summed E-state index contributed by atoms with van der Waals surface area (Å²) in [6.07, 6.45) is 1.48. The molecule has 1 atom stereocenters. The molecule has 0 aromatic heterocycles. The predicted molar refractivity (Wildman–Crippen MR) is 74.5 cm³/mol. The van der Waals surface area contributed by atoms with Crippen molar-refractivity contribution < 1.29 is 8.42 Å². The van der Waals surface area contributed by atoms with Crippen LogP contribution in [0.4, 0.5) is 5.69 Å². The third kappa shape index (κ3) is 3.03. The number of nitrogens with one attached hydrogen (secondary N) is 1. The van der Waals surface area contributed by atoms with E-state index in [9.17, 15) is 8.42 Å². The number of aryl methyl sites for hydroxylation is 1. The maximum absolute atomic E-state index is 11.8. The quantitative estimate of drug-likeness (QED) is 0.867. The van der Waals surface area contributed by atoms with Gasteiger partial charge < -0.3 is 11.1 Å². The molecule has 1 fully saturated rings. The zero-order valence-corrected chi connectivity index (χ0v) is 11.5. The van der Waals surface area contributed by atoms with E-state index in [-0.39, 0.29) is 11.5 Å². The largest absolute Gasteiger partial charge is 0.377 e. The molecule has 1 unspecified atom stereocenters. The molecule has 1 aromatic carbocycles. The van der Waals surface area contributed by atoms with Crippen LogP contribution in [0.25, 0.3) is 0 Å². The second kappa shape index (κ2) is 4.90. The van der Waals surface area contributed by atoms with E-state index >= 15 is 0 Å². The summed E-state index contributed by atoms with van der Waals surface area (Å²) in [6, 6.07) is 7.93. The van der Waals surface area contributed by atoms with E-state index in [1.54, 1.807) is 0 Å². The van der Waals surface area contributed by atoms with Gasteiger partial charge in [0.1, 0.15) is 0 Å². The molecule has 1 saturated heterocycles. The Morgan fingerprint density at radius 3 is 2.83 bits per heavy atom. The van der Waals surface area contributed by atoms with E-state index in [4.69, 9.17) is 5.73 Å². The van der Waals surface area contributed by atoms with Crippen LogP contribution in [0, 0.1) is 6.92 Å². The number of anilines is 1. The third-order valence-corrected chi connectivity index (χ3v) is 5.33. The van der Waals surface area contributed by atoms with Gasteiger partial charge >= 0.3 is 0 Å². The van der Waals surface area contributed by atoms with Gasteiger partial charge in [-0.25, -0.2) is 8.42 Å². The molecule has 1 aliphatic heterocycles. The average molecular weight is 268 g/mol. The SMILES string of the molecule is Cc1cccc(NC2(CN)CCCS(=O)(=O)C2)c1. The van der Waals surface area contributed by atoms with Gasteiger partial charge in [0.05, 0.1) is 17.0 Å². The van der Waals surface area contributed by atoms with Crippen LogP contribution in [0.3, 0.4) is 0 Å². The lowest BCUT2D eigenvalue weighted by Gasteiger charge is -2.37. The summed E-state index contributed by atoms with van der Waals surface area (Å²) in [5.41, 5.74) is 7.40. The fraction of sp³-hybridized carbons (Fsp3) is 0.538. The molecule has 0 saturated carbocycles. The highest BCUT2D eigenvalue weighted by molar-refractivity contribution is 7.91. The first-order valence-electron chi connectivity index (χ1n) is 6.20. The summed E-state index contributed by atoms with van der Waals surface area (Å²) < 4.78 is 23.6. The minimum Gasteiger partial charge on any atom is -0.377 e. The Labute approximate surface area is 108 Å². The van der Waals surface area contributed by atoms with Crippen LogP contribution < -0.4 is 11.1 Å². The van der Waals surface area contributed by atoms with E-state index < -0.39 is 15.4 Å². The normalized spacial score (nSPS) is 26.8. The van der Waals surface area contributed by atoms with Crippen molar-refractivity contribution in [1.29, 1.82) is 0 Å². The Kier molecular flexibility index (Phi) is 3.64. The standard InChI is InChI=1S/C13H20N2O2S/c1-11-4-2-5-12(8-11)15-13(9-14)6-3-7-18(16,17)10-13/h2,4-5,8,15H,3,6-7,9-10,14H2,1H3. The molecule has 5 heteroatoms. The number of rotatable bonds is 3. The molecule has 1 aromatic rings. The first kappa shape index (κ1) is 13.4. The molecule has 18 heavy (non-hydrogen) atoms. The summed E-state index contributed by atoms with van der Waals surface area (Å²) in [4.78, 5) is 0. The molecule has 0 spiro atoms. The predicted octanol–water partition coefficient (Wildman–Crippen LogP) is 1.31. The highest BCUT2D eigenvalue weighted by Crippen LogP contribution is 2.27. The zero-order chi connectivity index (χ0) is 13.2. The van der Waals surface area contributed by atoms with Crippen molar-refractivity contribution in [3.05, 3.63) is 29.8 Å². The molecule has 0 bridgehead atoms. The van der Waals surface area contributed by atoms with E-state index in [1.807, 2.05) is 31.2 Å². The molecule has 0 aliphatic carbocycles. The van der Waals surface area contributed by atoms with Crippen LogP contribution >= 0.6 is 0 Å². The molecule has 0 amide bonds. The number of hydrogen-bond donors (Lipinski definition) is 2.